The average Bonchev–Trinajstić information content (AvgIpc) is 3.37. The molecule has 2 aromatic carbocycles. The summed E-state index contributed by atoms with van der Waals surface area (Å²) in [4.78, 5) is 4.90. The zero-order valence-corrected chi connectivity index (χ0v) is 16.3. The number of aromatic nitrogens is 2. The highest BCUT2D eigenvalue weighted by Crippen LogP contribution is 2.31. The number of halogens is 1. The van der Waals surface area contributed by atoms with Gasteiger partial charge in [0.1, 0.15) is 5.82 Å². The van der Waals surface area contributed by atoms with Crippen LogP contribution in [-0.4, -0.2) is 28.8 Å². The molecule has 0 aliphatic carbocycles. The summed E-state index contributed by atoms with van der Waals surface area (Å²) in [6.07, 6.45) is 4.66. The molecule has 5 heteroatoms. The molecule has 0 saturated carbocycles. The molecule has 1 aliphatic rings. The Bertz CT molecular complexity index is 1130. The third-order valence-corrected chi connectivity index (χ3v) is 5.61. The maximum absolute atomic E-state index is 6.19. The van der Waals surface area contributed by atoms with E-state index in [-0.39, 0.29) is 6.10 Å². The Hall–Kier alpha value is -2.56. The molecule has 142 valence electrons. The van der Waals surface area contributed by atoms with Gasteiger partial charge in [0.05, 0.1) is 17.1 Å². The molecule has 1 fully saturated rings. The van der Waals surface area contributed by atoms with Crippen LogP contribution in [0, 0.1) is 0 Å². The number of para-hydroxylation sites is 1. The minimum atomic E-state index is 0.275. The van der Waals surface area contributed by atoms with Crippen LogP contribution in [0.2, 0.25) is 5.02 Å². The number of hydrogen-bond donors (Lipinski definition) is 1. The average molecular weight is 392 g/mol. The summed E-state index contributed by atoms with van der Waals surface area (Å²) in [6, 6.07) is 18.5. The van der Waals surface area contributed by atoms with Crippen LogP contribution in [0.5, 0.6) is 0 Å². The molecule has 2 aromatic heterocycles. The van der Waals surface area contributed by atoms with Crippen LogP contribution in [0.3, 0.4) is 0 Å². The zero-order chi connectivity index (χ0) is 18.9. The minimum Gasteiger partial charge on any atom is -0.376 e. The Kier molecular flexibility index (Phi) is 4.67. The van der Waals surface area contributed by atoms with E-state index in [2.05, 4.69) is 46.4 Å². The summed E-state index contributed by atoms with van der Waals surface area (Å²) >= 11 is 6.19. The fourth-order valence-corrected chi connectivity index (χ4v) is 4.24. The van der Waals surface area contributed by atoms with Crippen LogP contribution in [0.4, 0.5) is 5.82 Å². The molecule has 0 amide bonds. The molecule has 0 bridgehead atoms. The van der Waals surface area contributed by atoms with Crippen molar-refractivity contribution in [3.05, 3.63) is 71.4 Å². The van der Waals surface area contributed by atoms with Gasteiger partial charge in [-0.25, -0.2) is 4.98 Å². The smallest absolute Gasteiger partial charge is 0.136 e. The number of rotatable bonds is 5. The number of benzene rings is 2. The molecular formula is C23H22ClN3O. The minimum absolute atomic E-state index is 0.275. The van der Waals surface area contributed by atoms with Gasteiger partial charge in [-0.3, -0.25) is 0 Å². The Morgan fingerprint density at radius 2 is 2.04 bits per heavy atom. The van der Waals surface area contributed by atoms with Crippen LogP contribution < -0.4 is 5.32 Å². The van der Waals surface area contributed by atoms with E-state index in [4.69, 9.17) is 21.3 Å². The predicted octanol–water partition coefficient (Wildman–Crippen LogP) is 5.48. The predicted molar refractivity (Wildman–Crippen MR) is 115 cm³/mol. The van der Waals surface area contributed by atoms with Crippen molar-refractivity contribution in [1.82, 2.24) is 9.55 Å². The first-order chi connectivity index (χ1) is 13.8. The second kappa shape index (κ2) is 7.46. The first-order valence-corrected chi connectivity index (χ1v) is 10.1. The van der Waals surface area contributed by atoms with Gasteiger partial charge < -0.3 is 14.6 Å². The number of ether oxygens (including phenoxy) is 1. The summed E-state index contributed by atoms with van der Waals surface area (Å²) in [5, 5.41) is 6.60. The summed E-state index contributed by atoms with van der Waals surface area (Å²) in [5.41, 5.74) is 3.37. The summed E-state index contributed by atoms with van der Waals surface area (Å²) in [7, 11) is 0. The van der Waals surface area contributed by atoms with E-state index < -0.39 is 0 Å². The standard InChI is InChI=1S/C23H22ClN3O/c24-17-6-3-5-16(13-17)15-27-11-10-20-22(27)19-8-1-2-9-21(19)26-23(20)25-14-18-7-4-12-28-18/h1-3,5-6,8-11,13,18H,4,7,12,14-15H2,(H,25,26). The fourth-order valence-electron chi connectivity index (χ4n) is 4.03. The van der Waals surface area contributed by atoms with E-state index in [1.54, 1.807) is 0 Å². The first kappa shape index (κ1) is 17.5. The Morgan fingerprint density at radius 3 is 2.89 bits per heavy atom. The lowest BCUT2D eigenvalue weighted by molar-refractivity contribution is 0.120. The summed E-state index contributed by atoms with van der Waals surface area (Å²) in [6.45, 7) is 2.42. The molecule has 1 atom stereocenters. The second-order valence-corrected chi connectivity index (χ2v) is 7.77. The SMILES string of the molecule is Clc1cccc(Cn2ccc3c(NCC4CCCO4)nc4ccccc4c32)c1. The summed E-state index contributed by atoms with van der Waals surface area (Å²) < 4.78 is 8.04. The van der Waals surface area contributed by atoms with E-state index >= 15 is 0 Å². The highest BCUT2D eigenvalue weighted by molar-refractivity contribution is 6.30. The van der Waals surface area contributed by atoms with Gasteiger partial charge in [-0.2, -0.15) is 0 Å². The lowest BCUT2D eigenvalue weighted by Crippen LogP contribution is -2.19. The third-order valence-electron chi connectivity index (χ3n) is 5.37. The van der Waals surface area contributed by atoms with Crippen molar-refractivity contribution in [2.75, 3.05) is 18.5 Å². The van der Waals surface area contributed by atoms with Gasteiger partial charge in [0.2, 0.25) is 0 Å². The maximum atomic E-state index is 6.19. The molecule has 4 nitrogen and oxygen atoms in total. The molecule has 1 aliphatic heterocycles. The van der Waals surface area contributed by atoms with E-state index in [1.165, 1.54) is 11.1 Å². The number of hydrogen-bond acceptors (Lipinski definition) is 3. The Labute approximate surface area is 169 Å². The molecule has 0 spiro atoms. The Morgan fingerprint density at radius 1 is 1.11 bits per heavy atom. The van der Waals surface area contributed by atoms with Gasteiger partial charge in [0, 0.05) is 41.7 Å². The van der Waals surface area contributed by atoms with Crippen molar-refractivity contribution in [2.24, 2.45) is 0 Å². The third kappa shape index (κ3) is 3.34. The second-order valence-electron chi connectivity index (χ2n) is 7.33. The largest absolute Gasteiger partial charge is 0.376 e. The molecule has 3 heterocycles. The van der Waals surface area contributed by atoms with Crippen LogP contribution in [0.25, 0.3) is 21.8 Å². The fraction of sp³-hybridized carbons (Fsp3) is 0.261. The van der Waals surface area contributed by atoms with Crippen molar-refractivity contribution < 1.29 is 4.74 Å². The van der Waals surface area contributed by atoms with Crippen LogP contribution in [0.1, 0.15) is 18.4 Å². The van der Waals surface area contributed by atoms with Gasteiger partial charge in [-0.1, -0.05) is 41.9 Å². The lowest BCUT2D eigenvalue weighted by atomic mass is 10.1. The van der Waals surface area contributed by atoms with Gasteiger partial charge in [-0.05, 0) is 42.7 Å². The van der Waals surface area contributed by atoms with Crippen molar-refractivity contribution in [3.63, 3.8) is 0 Å². The number of nitrogens with one attached hydrogen (secondary N) is 1. The van der Waals surface area contributed by atoms with Gasteiger partial charge in [-0.15, -0.1) is 0 Å². The maximum Gasteiger partial charge on any atom is 0.136 e. The van der Waals surface area contributed by atoms with E-state index in [9.17, 15) is 0 Å². The monoisotopic (exact) mass is 391 g/mol. The number of anilines is 1. The van der Waals surface area contributed by atoms with Crippen molar-refractivity contribution in [1.29, 1.82) is 0 Å². The molecule has 4 aromatic rings. The normalized spacial score (nSPS) is 16.8. The highest BCUT2D eigenvalue weighted by atomic mass is 35.5. The number of fused-ring (bicyclic) bond motifs is 3. The Balaban J connectivity index is 1.58. The molecule has 5 rings (SSSR count). The van der Waals surface area contributed by atoms with Crippen molar-refractivity contribution >= 4 is 39.2 Å². The number of pyridine rings is 1. The molecule has 1 unspecified atom stereocenters. The topological polar surface area (TPSA) is 39.1 Å². The quantitative estimate of drug-likeness (QED) is 0.489. The summed E-state index contributed by atoms with van der Waals surface area (Å²) in [5.74, 6) is 0.925. The van der Waals surface area contributed by atoms with Gasteiger partial charge in [0.15, 0.2) is 0 Å². The molecule has 0 radical (unpaired) electrons. The zero-order valence-electron chi connectivity index (χ0n) is 15.6. The number of nitrogens with zero attached hydrogens (tertiary/aromatic N) is 2. The molecule has 28 heavy (non-hydrogen) atoms. The van der Waals surface area contributed by atoms with E-state index in [0.717, 1.165) is 59.7 Å². The molecule has 1 saturated heterocycles. The van der Waals surface area contributed by atoms with Gasteiger partial charge in [0.25, 0.3) is 0 Å². The van der Waals surface area contributed by atoms with Gasteiger partial charge >= 0.3 is 0 Å². The lowest BCUT2D eigenvalue weighted by Gasteiger charge is -2.14. The van der Waals surface area contributed by atoms with Crippen molar-refractivity contribution in [2.45, 2.75) is 25.5 Å². The highest BCUT2D eigenvalue weighted by Gasteiger charge is 2.17. The molecular weight excluding hydrogens is 370 g/mol. The molecule has 1 N–H and O–H groups in total. The van der Waals surface area contributed by atoms with Crippen LogP contribution in [0.15, 0.2) is 60.8 Å². The first-order valence-electron chi connectivity index (χ1n) is 9.75. The van der Waals surface area contributed by atoms with E-state index in [1.807, 2.05) is 24.3 Å². The van der Waals surface area contributed by atoms with E-state index in [0.29, 0.717) is 0 Å². The van der Waals surface area contributed by atoms with Crippen LogP contribution >= 0.6 is 11.6 Å². The van der Waals surface area contributed by atoms with Crippen molar-refractivity contribution in [3.8, 4) is 0 Å². The van der Waals surface area contributed by atoms with Crippen LogP contribution in [-0.2, 0) is 11.3 Å².